The van der Waals surface area contributed by atoms with E-state index in [4.69, 9.17) is 4.42 Å². The van der Waals surface area contributed by atoms with Crippen molar-refractivity contribution in [1.29, 1.82) is 0 Å². The summed E-state index contributed by atoms with van der Waals surface area (Å²) < 4.78 is 5.75. The topological polar surface area (TPSA) is 62.5 Å². The number of hydrogen-bond donors (Lipinski definition) is 0. The Balaban J connectivity index is 1.34. The summed E-state index contributed by atoms with van der Waals surface area (Å²) in [5.74, 6) is 2.10. The Bertz CT molecular complexity index is 696. The van der Waals surface area contributed by atoms with Gasteiger partial charge in [0.25, 0.3) is 5.91 Å². The first-order valence-electron chi connectivity index (χ1n) is 8.68. The quantitative estimate of drug-likeness (QED) is 0.863. The maximum atomic E-state index is 12.6. The molecule has 0 radical (unpaired) electrons. The fraction of sp³-hybridized carbons (Fsp3) is 0.500. The van der Waals surface area contributed by atoms with Gasteiger partial charge < -0.3 is 9.32 Å². The molecule has 0 unspecified atom stereocenters. The maximum absolute atomic E-state index is 12.6. The van der Waals surface area contributed by atoms with Crippen LogP contribution in [0.15, 0.2) is 34.7 Å². The zero-order valence-corrected chi connectivity index (χ0v) is 13.7. The number of carbonyl (C=O) groups excluding carboxylic acids is 1. The second kappa shape index (κ2) is 6.73. The van der Waals surface area contributed by atoms with Crippen molar-refractivity contribution in [2.24, 2.45) is 0 Å². The normalized spacial score (nSPS) is 19.2. The van der Waals surface area contributed by atoms with Gasteiger partial charge in [0.1, 0.15) is 0 Å². The highest BCUT2D eigenvalue weighted by molar-refractivity contribution is 5.94. The van der Waals surface area contributed by atoms with E-state index in [0.29, 0.717) is 18.4 Å². The minimum absolute atomic E-state index is 0.117. The fourth-order valence-electron chi connectivity index (χ4n) is 3.11. The molecule has 1 aliphatic carbocycles. The van der Waals surface area contributed by atoms with E-state index in [1.165, 1.54) is 12.8 Å². The van der Waals surface area contributed by atoms with Crippen LogP contribution in [-0.4, -0.2) is 52.1 Å². The molecule has 2 fully saturated rings. The summed E-state index contributed by atoms with van der Waals surface area (Å²) in [4.78, 5) is 16.8. The molecule has 2 aromatic rings. The van der Waals surface area contributed by atoms with Crippen molar-refractivity contribution in [1.82, 2.24) is 20.0 Å². The van der Waals surface area contributed by atoms with E-state index >= 15 is 0 Å². The second-order valence-electron chi connectivity index (χ2n) is 6.60. The van der Waals surface area contributed by atoms with Crippen molar-refractivity contribution in [3.05, 3.63) is 47.7 Å². The Morgan fingerprint density at radius 3 is 2.71 bits per heavy atom. The van der Waals surface area contributed by atoms with E-state index < -0.39 is 0 Å². The maximum Gasteiger partial charge on any atom is 0.253 e. The second-order valence-corrected chi connectivity index (χ2v) is 6.60. The van der Waals surface area contributed by atoms with Gasteiger partial charge in [0.15, 0.2) is 0 Å². The molecule has 1 aromatic heterocycles. The molecule has 24 heavy (non-hydrogen) atoms. The lowest BCUT2D eigenvalue weighted by Crippen LogP contribution is -2.35. The SMILES string of the molecule is O=C(c1ccccc1)N1CCCN(Cc2nnc(C3CC3)o2)CC1. The van der Waals surface area contributed by atoms with Crippen molar-refractivity contribution in [3.63, 3.8) is 0 Å². The van der Waals surface area contributed by atoms with Gasteiger partial charge in [0, 0.05) is 37.7 Å². The molecule has 0 spiro atoms. The lowest BCUT2D eigenvalue weighted by Gasteiger charge is -2.21. The van der Waals surface area contributed by atoms with E-state index in [1.807, 2.05) is 35.2 Å². The van der Waals surface area contributed by atoms with Gasteiger partial charge in [-0.05, 0) is 31.4 Å². The summed E-state index contributed by atoms with van der Waals surface area (Å²) in [5.41, 5.74) is 0.761. The lowest BCUT2D eigenvalue weighted by atomic mass is 10.2. The van der Waals surface area contributed by atoms with Gasteiger partial charge >= 0.3 is 0 Å². The highest BCUT2D eigenvalue weighted by atomic mass is 16.4. The molecule has 2 heterocycles. The van der Waals surface area contributed by atoms with Crippen molar-refractivity contribution in [2.75, 3.05) is 26.2 Å². The first-order chi connectivity index (χ1) is 11.8. The summed E-state index contributed by atoms with van der Waals surface area (Å²) in [5, 5.41) is 8.31. The predicted octanol–water partition coefficient (Wildman–Crippen LogP) is 2.30. The van der Waals surface area contributed by atoms with Crippen LogP contribution in [0.25, 0.3) is 0 Å². The number of rotatable bonds is 4. The van der Waals surface area contributed by atoms with Crippen molar-refractivity contribution in [2.45, 2.75) is 31.7 Å². The number of carbonyl (C=O) groups is 1. The van der Waals surface area contributed by atoms with Crippen LogP contribution in [-0.2, 0) is 6.54 Å². The highest BCUT2D eigenvalue weighted by Gasteiger charge is 2.29. The molecule has 6 heteroatoms. The van der Waals surface area contributed by atoms with Crippen molar-refractivity contribution < 1.29 is 9.21 Å². The Morgan fingerprint density at radius 2 is 1.92 bits per heavy atom. The summed E-state index contributed by atoms with van der Waals surface area (Å²) in [6.45, 7) is 3.98. The molecule has 0 N–H and O–H groups in total. The molecule has 1 aliphatic heterocycles. The molecule has 0 atom stereocenters. The number of aromatic nitrogens is 2. The molecule has 126 valence electrons. The monoisotopic (exact) mass is 326 g/mol. The Hall–Kier alpha value is -2.21. The predicted molar refractivity (Wildman–Crippen MR) is 88.5 cm³/mol. The van der Waals surface area contributed by atoms with Crippen LogP contribution < -0.4 is 0 Å². The van der Waals surface area contributed by atoms with Crippen LogP contribution in [0.5, 0.6) is 0 Å². The third kappa shape index (κ3) is 3.48. The highest BCUT2D eigenvalue weighted by Crippen LogP contribution is 2.39. The molecule has 1 saturated heterocycles. The van der Waals surface area contributed by atoms with Gasteiger partial charge in [-0.2, -0.15) is 0 Å². The lowest BCUT2D eigenvalue weighted by molar-refractivity contribution is 0.0760. The molecule has 6 nitrogen and oxygen atoms in total. The largest absolute Gasteiger partial charge is 0.424 e. The summed E-state index contributed by atoms with van der Waals surface area (Å²) in [6, 6.07) is 9.50. The van der Waals surface area contributed by atoms with Crippen LogP contribution in [0.2, 0.25) is 0 Å². The first kappa shape index (κ1) is 15.3. The van der Waals surface area contributed by atoms with Crippen molar-refractivity contribution >= 4 is 5.91 Å². The van der Waals surface area contributed by atoms with Crippen molar-refractivity contribution in [3.8, 4) is 0 Å². The molecule has 1 aromatic carbocycles. The minimum Gasteiger partial charge on any atom is -0.424 e. The van der Waals surface area contributed by atoms with E-state index in [2.05, 4.69) is 15.1 Å². The molecule has 2 aliphatic rings. The zero-order valence-electron chi connectivity index (χ0n) is 13.7. The van der Waals surface area contributed by atoms with E-state index in [1.54, 1.807) is 0 Å². The third-order valence-electron chi connectivity index (χ3n) is 4.66. The van der Waals surface area contributed by atoms with Crippen LogP contribution in [0.4, 0.5) is 0 Å². The Morgan fingerprint density at radius 1 is 1.08 bits per heavy atom. The van der Waals surface area contributed by atoms with E-state index in [-0.39, 0.29) is 5.91 Å². The summed E-state index contributed by atoms with van der Waals surface area (Å²) in [7, 11) is 0. The average Bonchev–Trinajstić information content (AvgIpc) is 3.40. The number of amides is 1. The smallest absolute Gasteiger partial charge is 0.253 e. The molecule has 0 bridgehead atoms. The first-order valence-corrected chi connectivity index (χ1v) is 8.68. The standard InChI is InChI=1S/C18H22N4O2/c23-18(15-5-2-1-3-6-15)22-10-4-9-21(11-12-22)13-16-19-20-17(24-16)14-7-8-14/h1-3,5-6,14H,4,7-13H2. The van der Waals surface area contributed by atoms with Crippen LogP contribution >= 0.6 is 0 Å². The number of benzene rings is 1. The molecule has 1 amide bonds. The van der Waals surface area contributed by atoms with Crippen LogP contribution in [0.3, 0.4) is 0 Å². The van der Waals surface area contributed by atoms with E-state index in [9.17, 15) is 4.79 Å². The summed E-state index contributed by atoms with van der Waals surface area (Å²) in [6.07, 6.45) is 3.30. The van der Waals surface area contributed by atoms with Gasteiger partial charge in [-0.3, -0.25) is 9.69 Å². The molecular formula is C18H22N4O2. The van der Waals surface area contributed by atoms with Gasteiger partial charge in [-0.1, -0.05) is 18.2 Å². The van der Waals surface area contributed by atoms with Gasteiger partial charge in [0.2, 0.25) is 11.8 Å². The Labute approximate surface area is 141 Å². The Kier molecular flexibility index (Phi) is 4.30. The third-order valence-corrected chi connectivity index (χ3v) is 4.66. The van der Waals surface area contributed by atoms with E-state index in [0.717, 1.165) is 44.1 Å². The van der Waals surface area contributed by atoms with Gasteiger partial charge in [-0.25, -0.2) is 0 Å². The zero-order chi connectivity index (χ0) is 16.4. The molecular weight excluding hydrogens is 304 g/mol. The average molecular weight is 326 g/mol. The summed E-state index contributed by atoms with van der Waals surface area (Å²) >= 11 is 0. The molecule has 4 rings (SSSR count). The van der Waals surface area contributed by atoms with Crippen LogP contribution in [0, 0.1) is 0 Å². The number of hydrogen-bond acceptors (Lipinski definition) is 5. The van der Waals surface area contributed by atoms with Gasteiger partial charge in [-0.15, -0.1) is 10.2 Å². The minimum atomic E-state index is 0.117. The fourth-order valence-corrected chi connectivity index (χ4v) is 3.11. The van der Waals surface area contributed by atoms with Crippen LogP contribution in [0.1, 0.15) is 47.3 Å². The number of nitrogens with zero attached hydrogens (tertiary/aromatic N) is 4. The van der Waals surface area contributed by atoms with Gasteiger partial charge in [0.05, 0.1) is 6.54 Å². The molecule has 1 saturated carbocycles.